The Morgan fingerprint density at radius 2 is 1.92 bits per heavy atom. The van der Waals surface area contributed by atoms with E-state index >= 15 is 0 Å². The number of unbranched alkanes of at least 4 members (excludes halogenated alkanes) is 1. The van der Waals surface area contributed by atoms with Gasteiger partial charge in [0.25, 0.3) is 0 Å². The minimum atomic E-state index is -0.523. The summed E-state index contributed by atoms with van der Waals surface area (Å²) in [6.07, 6.45) is 1.45. The zero-order valence-corrected chi connectivity index (χ0v) is 14.1. The van der Waals surface area contributed by atoms with Crippen LogP contribution in [-0.4, -0.2) is 67.7 Å². The molecule has 0 aliphatic carbocycles. The van der Waals surface area contributed by atoms with Crippen LogP contribution in [0.25, 0.3) is 0 Å². The van der Waals surface area contributed by atoms with Crippen LogP contribution in [-0.2, 0) is 20.7 Å². The number of carbonyl (C=O) groups is 2. The number of methoxy groups -OCH3 is 1. The molecule has 0 N–H and O–H groups in total. The predicted molar refractivity (Wildman–Crippen MR) is 89.3 cm³/mol. The third kappa shape index (κ3) is 4.77. The van der Waals surface area contributed by atoms with Crippen LogP contribution in [0.1, 0.15) is 18.4 Å². The van der Waals surface area contributed by atoms with Crippen molar-refractivity contribution in [2.24, 2.45) is 0 Å². The van der Waals surface area contributed by atoms with Crippen molar-refractivity contribution in [2.75, 3.05) is 40.0 Å². The lowest BCUT2D eigenvalue weighted by Gasteiger charge is -2.40. The van der Waals surface area contributed by atoms with Crippen LogP contribution in [0.4, 0.5) is 4.39 Å². The summed E-state index contributed by atoms with van der Waals surface area (Å²) in [5, 5.41) is 0. The van der Waals surface area contributed by atoms with Gasteiger partial charge in [-0.25, -0.2) is 0 Å². The Kier molecular flexibility index (Phi) is 7.18. The van der Waals surface area contributed by atoms with Crippen molar-refractivity contribution >= 4 is 11.8 Å². The summed E-state index contributed by atoms with van der Waals surface area (Å²) in [7, 11) is 1.57. The first-order valence-corrected chi connectivity index (χ1v) is 8.34. The maximum atomic E-state index is 12.8. The van der Waals surface area contributed by atoms with Crippen molar-refractivity contribution in [3.05, 3.63) is 35.9 Å². The van der Waals surface area contributed by atoms with Crippen LogP contribution >= 0.6 is 0 Å². The number of hydrogen-bond donors (Lipinski definition) is 0. The first kappa shape index (κ1) is 18.4. The molecule has 132 valence electrons. The van der Waals surface area contributed by atoms with Gasteiger partial charge in [-0.15, -0.1) is 0 Å². The lowest BCUT2D eigenvalue weighted by Crippen LogP contribution is -2.61. The molecular weight excluding hydrogens is 311 g/mol. The van der Waals surface area contributed by atoms with E-state index < -0.39 is 12.7 Å². The number of carbonyl (C=O) groups excluding carboxylic acids is 2. The summed E-state index contributed by atoms with van der Waals surface area (Å²) in [5.41, 5.74) is 1.01. The number of benzene rings is 1. The Balaban J connectivity index is 2.14. The number of ether oxygens (including phenoxy) is 1. The minimum Gasteiger partial charge on any atom is -0.383 e. The Hall–Kier alpha value is -1.95. The summed E-state index contributed by atoms with van der Waals surface area (Å²) < 4.78 is 17.4. The lowest BCUT2D eigenvalue weighted by atomic mass is 10.0. The quantitative estimate of drug-likeness (QED) is 0.645. The molecule has 1 aromatic carbocycles. The third-order valence-corrected chi connectivity index (χ3v) is 4.24. The van der Waals surface area contributed by atoms with E-state index in [0.29, 0.717) is 39.0 Å². The molecule has 1 aromatic rings. The van der Waals surface area contributed by atoms with E-state index in [4.69, 9.17) is 4.74 Å². The SMILES string of the molecule is COCCN1CC(=O)N(CCCCF)[C@H](Cc2ccccc2)C1=O. The van der Waals surface area contributed by atoms with Gasteiger partial charge in [0.15, 0.2) is 0 Å². The minimum absolute atomic E-state index is 0.0595. The highest BCUT2D eigenvalue weighted by atomic mass is 19.1. The molecular formula is C18H25FN2O3. The van der Waals surface area contributed by atoms with E-state index in [-0.39, 0.29) is 18.4 Å². The van der Waals surface area contributed by atoms with E-state index in [1.807, 2.05) is 30.3 Å². The fourth-order valence-corrected chi connectivity index (χ4v) is 2.93. The molecule has 0 spiro atoms. The van der Waals surface area contributed by atoms with Gasteiger partial charge in [-0.1, -0.05) is 30.3 Å². The second-order valence-corrected chi connectivity index (χ2v) is 5.94. The van der Waals surface area contributed by atoms with E-state index in [0.717, 1.165) is 5.56 Å². The molecule has 2 rings (SSSR count). The van der Waals surface area contributed by atoms with Gasteiger partial charge in [-0.05, 0) is 18.4 Å². The molecule has 1 fully saturated rings. The molecule has 1 heterocycles. The molecule has 1 saturated heterocycles. The second kappa shape index (κ2) is 9.37. The van der Waals surface area contributed by atoms with Crippen molar-refractivity contribution in [2.45, 2.75) is 25.3 Å². The maximum Gasteiger partial charge on any atom is 0.246 e. The number of rotatable bonds is 9. The van der Waals surface area contributed by atoms with Crippen molar-refractivity contribution in [3.63, 3.8) is 0 Å². The first-order chi connectivity index (χ1) is 11.7. The average molecular weight is 336 g/mol. The molecule has 6 heteroatoms. The van der Waals surface area contributed by atoms with Gasteiger partial charge >= 0.3 is 0 Å². The Bertz CT molecular complexity index is 538. The monoisotopic (exact) mass is 336 g/mol. The van der Waals surface area contributed by atoms with Crippen LogP contribution in [0.15, 0.2) is 30.3 Å². The summed E-state index contributed by atoms with van der Waals surface area (Å²) in [4.78, 5) is 28.5. The number of piperazine rings is 1. The maximum absolute atomic E-state index is 12.8. The fraction of sp³-hybridized carbons (Fsp3) is 0.556. The molecule has 0 unspecified atom stereocenters. The van der Waals surface area contributed by atoms with E-state index in [2.05, 4.69) is 0 Å². The van der Waals surface area contributed by atoms with Crippen molar-refractivity contribution < 1.29 is 18.7 Å². The zero-order valence-electron chi connectivity index (χ0n) is 14.1. The topological polar surface area (TPSA) is 49.9 Å². The van der Waals surface area contributed by atoms with Gasteiger partial charge in [0.05, 0.1) is 19.8 Å². The standard InChI is InChI=1S/C18H25FN2O3/c1-24-12-11-20-14-17(22)21(10-6-5-9-19)16(18(20)23)13-15-7-3-2-4-8-15/h2-4,7-8,16H,5-6,9-14H2,1H3/t16-/m1/s1. The van der Waals surface area contributed by atoms with Gasteiger partial charge in [0, 0.05) is 26.6 Å². The molecule has 5 nitrogen and oxygen atoms in total. The Morgan fingerprint density at radius 1 is 1.17 bits per heavy atom. The van der Waals surface area contributed by atoms with Crippen LogP contribution in [0.5, 0.6) is 0 Å². The molecule has 0 aromatic heterocycles. The van der Waals surface area contributed by atoms with Crippen molar-refractivity contribution in [3.8, 4) is 0 Å². The zero-order chi connectivity index (χ0) is 17.4. The number of hydrogen-bond acceptors (Lipinski definition) is 3. The Labute approximate surface area is 142 Å². The Morgan fingerprint density at radius 3 is 2.58 bits per heavy atom. The number of amides is 2. The first-order valence-electron chi connectivity index (χ1n) is 8.34. The molecule has 0 saturated carbocycles. The molecule has 1 aliphatic rings. The van der Waals surface area contributed by atoms with Crippen LogP contribution in [0.2, 0.25) is 0 Å². The van der Waals surface area contributed by atoms with Gasteiger partial charge in [-0.3, -0.25) is 14.0 Å². The highest BCUT2D eigenvalue weighted by molar-refractivity contribution is 5.95. The van der Waals surface area contributed by atoms with Crippen molar-refractivity contribution in [1.82, 2.24) is 9.80 Å². The second-order valence-electron chi connectivity index (χ2n) is 5.94. The lowest BCUT2D eigenvalue weighted by molar-refractivity contribution is -0.156. The average Bonchev–Trinajstić information content (AvgIpc) is 2.60. The highest BCUT2D eigenvalue weighted by Crippen LogP contribution is 2.18. The number of halogens is 1. The van der Waals surface area contributed by atoms with Crippen molar-refractivity contribution in [1.29, 1.82) is 0 Å². The van der Waals surface area contributed by atoms with E-state index in [1.54, 1.807) is 16.9 Å². The smallest absolute Gasteiger partial charge is 0.246 e. The molecule has 2 amide bonds. The van der Waals surface area contributed by atoms with E-state index in [1.165, 1.54) is 0 Å². The van der Waals surface area contributed by atoms with Crippen LogP contribution < -0.4 is 0 Å². The third-order valence-electron chi connectivity index (χ3n) is 4.24. The largest absolute Gasteiger partial charge is 0.383 e. The normalized spacial score (nSPS) is 18.3. The van der Waals surface area contributed by atoms with Gasteiger partial charge in [-0.2, -0.15) is 0 Å². The number of alkyl halides is 1. The van der Waals surface area contributed by atoms with Crippen LogP contribution in [0.3, 0.4) is 0 Å². The molecule has 1 atom stereocenters. The molecule has 24 heavy (non-hydrogen) atoms. The number of nitrogens with zero attached hydrogens (tertiary/aromatic N) is 2. The summed E-state index contributed by atoms with van der Waals surface area (Å²) in [6.45, 7) is 0.899. The van der Waals surface area contributed by atoms with Gasteiger partial charge < -0.3 is 14.5 Å². The van der Waals surface area contributed by atoms with Gasteiger partial charge in [0.1, 0.15) is 6.04 Å². The van der Waals surface area contributed by atoms with Crippen LogP contribution in [0, 0.1) is 0 Å². The fourth-order valence-electron chi connectivity index (χ4n) is 2.93. The van der Waals surface area contributed by atoms with E-state index in [9.17, 15) is 14.0 Å². The molecule has 1 aliphatic heterocycles. The molecule has 0 bridgehead atoms. The summed E-state index contributed by atoms with van der Waals surface area (Å²) in [5.74, 6) is -0.138. The van der Waals surface area contributed by atoms with Gasteiger partial charge in [0.2, 0.25) is 11.8 Å². The summed E-state index contributed by atoms with van der Waals surface area (Å²) in [6, 6.07) is 9.13. The highest BCUT2D eigenvalue weighted by Gasteiger charge is 2.38. The summed E-state index contributed by atoms with van der Waals surface area (Å²) >= 11 is 0. The molecule has 0 radical (unpaired) electrons. The predicted octanol–water partition coefficient (Wildman–Crippen LogP) is 1.66.